The summed E-state index contributed by atoms with van der Waals surface area (Å²) in [4.78, 5) is 0. The molecule has 0 bridgehead atoms. The van der Waals surface area contributed by atoms with Gasteiger partial charge in [0.1, 0.15) is 12.4 Å². The molecule has 0 heterocycles. The van der Waals surface area contributed by atoms with Crippen LogP contribution in [0.3, 0.4) is 0 Å². The van der Waals surface area contributed by atoms with Gasteiger partial charge in [0.25, 0.3) is 0 Å². The standard InChI is InChI=1S/C15H23NO2/c1-16-15(13-5-6-13)11-18-14-7-3-12(4-8-14)9-10-17-2/h3-4,7-8,13,15-16H,5-6,9-11H2,1-2H3. The fourth-order valence-corrected chi connectivity index (χ4v) is 2.11. The third-order valence-corrected chi connectivity index (χ3v) is 3.51. The molecule has 1 atom stereocenters. The lowest BCUT2D eigenvalue weighted by Gasteiger charge is -2.16. The van der Waals surface area contributed by atoms with Crippen molar-refractivity contribution < 1.29 is 9.47 Å². The Balaban J connectivity index is 1.78. The maximum absolute atomic E-state index is 5.83. The summed E-state index contributed by atoms with van der Waals surface area (Å²) in [5.41, 5.74) is 1.29. The minimum absolute atomic E-state index is 0.498. The van der Waals surface area contributed by atoms with E-state index in [0.717, 1.165) is 31.3 Å². The molecular weight excluding hydrogens is 226 g/mol. The molecule has 1 aliphatic carbocycles. The third-order valence-electron chi connectivity index (χ3n) is 3.51. The van der Waals surface area contributed by atoms with Crippen LogP contribution in [0.5, 0.6) is 5.75 Å². The maximum atomic E-state index is 5.83. The molecule has 1 fully saturated rings. The molecule has 1 aromatic carbocycles. The van der Waals surface area contributed by atoms with Gasteiger partial charge in [-0.1, -0.05) is 12.1 Å². The molecule has 100 valence electrons. The Hall–Kier alpha value is -1.06. The Morgan fingerprint density at radius 1 is 1.28 bits per heavy atom. The smallest absolute Gasteiger partial charge is 0.119 e. The van der Waals surface area contributed by atoms with E-state index in [-0.39, 0.29) is 0 Å². The maximum Gasteiger partial charge on any atom is 0.119 e. The van der Waals surface area contributed by atoms with E-state index in [1.807, 2.05) is 19.2 Å². The first-order valence-electron chi connectivity index (χ1n) is 6.71. The molecule has 1 unspecified atom stereocenters. The summed E-state index contributed by atoms with van der Waals surface area (Å²) in [6.07, 6.45) is 3.63. The molecule has 0 amide bonds. The van der Waals surface area contributed by atoms with Gasteiger partial charge in [-0.2, -0.15) is 0 Å². The van der Waals surface area contributed by atoms with Gasteiger partial charge in [0.05, 0.1) is 6.61 Å². The highest BCUT2D eigenvalue weighted by atomic mass is 16.5. The summed E-state index contributed by atoms with van der Waals surface area (Å²) in [5.74, 6) is 1.77. The molecule has 0 aliphatic heterocycles. The molecule has 1 N–H and O–H groups in total. The Bertz CT molecular complexity index is 346. The SMILES string of the molecule is CNC(COc1ccc(CCOC)cc1)C1CC1. The number of rotatable bonds is 8. The number of ether oxygens (including phenoxy) is 2. The first-order valence-corrected chi connectivity index (χ1v) is 6.71. The zero-order valence-electron chi connectivity index (χ0n) is 11.3. The van der Waals surface area contributed by atoms with Crippen LogP contribution in [0.25, 0.3) is 0 Å². The van der Waals surface area contributed by atoms with E-state index < -0.39 is 0 Å². The third kappa shape index (κ3) is 4.00. The summed E-state index contributed by atoms with van der Waals surface area (Å²) in [6, 6.07) is 8.81. The summed E-state index contributed by atoms with van der Waals surface area (Å²) in [6.45, 7) is 1.53. The fraction of sp³-hybridized carbons (Fsp3) is 0.600. The summed E-state index contributed by atoms with van der Waals surface area (Å²) in [7, 11) is 3.74. The second-order valence-corrected chi connectivity index (χ2v) is 4.93. The summed E-state index contributed by atoms with van der Waals surface area (Å²) in [5, 5.41) is 3.33. The van der Waals surface area contributed by atoms with Crippen molar-refractivity contribution in [2.24, 2.45) is 5.92 Å². The number of nitrogens with one attached hydrogen (secondary N) is 1. The predicted octanol–water partition coefficient (Wildman–Crippen LogP) is 2.25. The Morgan fingerprint density at radius 3 is 2.56 bits per heavy atom. The van der Waals surface area contributed by atoms with E-state index in [1.165, 1.54) is 18.4 Å². The number of benzene rings is 1. The predicted molar refractivity (Wildman–Crippen MR) is 73.1 cm³/mol. The number of hydrogen-bond acceptors (Lipinski definition) is 3. The average Bonchev–Trinajstić information content (AvgIpc) is 3.23. The van der Waals surface area contributed by atoms with Crippen LogP contribution in [-0.2, 0) is 11.2 Å². The minimum Gasteiger partial charge on any atom is -0.492 e. The van der Waals surface area contributed by atoms with E-state index in [9.17, 15) is 0 Å². The van der Waals surface area contributed by atoms with Gasteiger partial charge in [-0.3, -0.25) is 0 Å². The zero-order chi connectivity index (χ0) is 12.8. The van der Waals surface area contributed by atoms with Crippen molar-refractivity contribution in [3.8, 4) is 5.75 Å². The van der Waals surface area contributed by atoms with Crippen LogP contribution >= 0.6 is 0 Å². The quantitative estimate of drug-likeness (QED) is 0.766. The van der Waals surface area contributed by atoms with Crippen molar-refractivity contribution in [1.82, 2.24) is 5.32 Å². The van der Waals surface area contributed by atoms with Gasteiger partial charge in [-0.25, -0.2) is 0 Å². The molecule has 3 heteroatoms. The Kier molecular flexibility index (Phi) is 5.02. The van der Waals surface area contributed by atoms with Crippen molar-refractivity contribution in [1.29, 1.82) is 0 Å². The van der Waals surface area contributed by atoms with Crippen LogP contribution in [-0.4, -0.2) is 33.4 Å². The van der Waals surface area contributed by atoms with Crippen LogP contribution in [0.4, 0.5) is 0 Å². The topological polar surface area (TPSA) is 30.5 Å². The molecule has 2 rings (SSSR count). The van der Waals surface area contributed by atoms with Crippen LogP contribution < -0.4 is 10.1 Å². The summed E-state index contributed by atoms with van der Waals surface area (Å²) >= 11 is 0. The van der Waals surface area contributed by atoms with Gasteiger partial charge >= 0.3 is 0 Å². The van der Waals surface area contributed by atoms with Crippen LogP contribution in [0.2, 0.25) is 0 Å². The van der Waals surface area contributed by atoms with Crippen LogP contribution in [0.15, 0.2) is 24.3 Å². The zero-order valence-corrected chi connectivity index (χ0v) is 11.3. The highest BCUT2D eigenvalue weighted by Crippen LogP contribution is 2.32. The number of likely N-dealkylation sites (N-methyl/N-ethyl adjacent to an activating group) is 1. The van der Waals surface area contributed by atoms with Crippen molar-refractivity contribution in [3.63, 3.8) is 0 Å². The highest BCUT2D eigenvalue weighted by molar-refractivity contribution is 5.27. The lowest BCUT2D eigenvalue weighted by molar-refractivity contribution is 0.202. The van der Waals surface area contributed by atoms with Crippen molar-refractivity contribution in [2.45, 2.75) is 25.3 Å². The highest BCUT2D eigenvalue weighted by Gasteiger charge is 2.30. The first kappa shape index (κ1) is 13.4. The second kappa shape index (κ2) is 6.76. The van der Waals surface area contributed by atoms with Crippen molar-refractivity contribution in [3.05, 3.63) is 29.8 Å². The largest absolute Gasteiger partial charge is 0.492 e. The van der Waals surface area contributed by atoms with Crippen LogP contribution in [0, 0.1) is 5.92 Å². The molecule has 1 aliphatic rings. The van der Waals surface area contributed by atoms with Gasteiger partial charge in [-0.05, 0) is 49.9 Å². The Morgan fingerprint density at radius 2 is 2.00 bits per heavy atom. The minimum atomic E-state index is 0.498. The van der Waals surface area contributed by atoms with E-state index in [1.54, 1.807) is 7.11 Å². The summed E-state index contributed by atoms with van der Waals surface area (Å²) < 4.78 is 10.9. The molecule has 0 aromatic heterocycles. The molecule has 3 nitrogen and oxygen atoms in total. The second-order valence-electron chi connectivity index (χ2n) is 4.93. The lowest BCUT2D eigenvalue weighted by atomic mass is 10.1. The number of hydrogen-bond donors (Lipinski definition) is 1. The number of methoxy groups -OCH3 is 1. The van der Waals surface area contributed by atoms with Gasteiger partial charge in [0.2, 0.25) is 0 Å². The molecule has 0 radical (unpaired) electrons. The molecule has 1 aromatic rings. The lowest BCUT2D eigenvalue weighted by Crippen LogP contribution is -2.33. The molecular formula is C15H23NO2. The van der Waals surface area contributed by atoms with Gasteiger partial charge < -0.3 is 14.8 Å². The normalized spacial score (nSPS) is 16.6. The van der Waals surface area contributed by atoms with Gasteiger partial charge in [0.15, 0.2) is 0 Å². The molecule has 18 heavy (non-hydrogen) atoms. The average molecular weight is 249 g/mol. The Labute approximate surface area is 109 Å². The van der Waals surface area contributed by atoms with Crippen molar-refractivity contribution in [2.75, 3.05) is 27.4 Å². The molecule has 1 saturated carbocycles. The first-order chi connectivity index (χ1) is 8.83. The molecule has 0 saturated heterocycles. The monoisotopic (exact) mass is 249 g/mol. The van der Waals surface area contributed by atoms with Gasteiger partial charge in [0, 0.05) is 13.2 Å². The van der Waals surface area contributed by atoms with Gasteiger partial charge in [-0.15, -0.1) is 0 Å². The van der Waals surface area contributed by atoms with E-state index in [2.05, 4.69) is 17.4 Å². The van der Waals surface area contributed by atoms with E-state index >= 15 is 0 Å². The van der Waals surface area contributed by atoms with E-state index in [4.69, 9.17) is 9.47 Å². The van der Waals surface area contributed by atoms with E-state index in [0.29, 0.717) is 6.04 Å². The van der Waals surface area contributed by atoms with Crippen molar-refractivity contribution >= 4 is 0 Å². The fourth-order valence-electron chi connectivity index (χ4n) is 2.11. The van der Waals surface area contributed by atoms with Crippen LogP contribution in [0.1, 0.15) is 18.4 Å². The molecule has 0 spiro atoms.